The minimum Gasteiger partial charge on any atom is -0.490 e. The fourth-order valence-corrected chi connectivity index (χ4v) is 4.58. The van der Waals surface area contributed by atoms with Crippen LogP contribution < -0.4 is 9.47 Å². The molecule has 0 aliphatic carbocycles. The molecule has 3 aromatic carbocycles. The SMILES string of the molecule is CCOc1cc(/C=C2\N=C(c3ccccc3Br)OC2=O)cc(I)c1OCc1cccc(C)c1. The van der Waals surface area contributed by atoms with Gasteiger partial charge in [0.05, 0.1) is 15.7 Å². The van der Waals surface area contributed by atoms with E-state index in [4.69, 9.17) is 14.2 Å². The monoisotopic (exact) mass is 617 g/mol. The minimum atomic E-state index is -0.492. The maximum atomic E-state index is 12.4. The second-order valence-corrected chi connectivity index (χ2v) is 9.37. The zero-order chi connectivity index (χ0) is 23.4. The van der Waals surface area contributed by atoms with E-state index in [2.05, 4.69) is 62.6 Å². The van der Waals surface area contributed by atoms with Crippen LogP contribution in [-0.2, 0) is 16.1 Å². The van der Waals surface area contributed by atoms with Crippen molar-refractivity contribution in [1.82, 2.24) is 0 Å². The molecule has 0 spiro atoms. The first-order valence-corrected chi connectivity index (χ1v) is 12.2. The van der Waals surface area contributed by atoms with E-state index in [0.717, 1.165) is 24.7 Å². The van der Waals surface area contributed by atoms with Gasteiger partial charge in [-0.05, 0) is 93.8 Å². The Balaban J connectivity index is 1.62. The highest BCUT2D eigenvalue weighted by molar-refractivity contribution is 14.1. The minimum absolute atomic E-state index is 0.229. The molecule has 0 saturated carbocycles. The molecule has 4 rings (SSSR count). The van der Waals surface area contributed by atoms with Gasteiger partial charge in [0.1, 0.15) is 6.61 Å². The van der Waals surface area contributed by atoms with Gasteiger partial charge in [0.2, 0.25) is 5.90 Å². The molecule has 0 bridgehead atoms. The van der Waals surface area contributed by atoms with E-state index in [1.165, 1.54) is 5.56 Å². The van der Waals surface area contributed by atoms with Gasteiger partial charge in [-0.2, -0.15) is 0 Å². The first kappa shape index (κ1) is 23.5. The van der Waals surface area contributed by atoms with Crippen molar-refractivity contribution < 1.29 is 19.0 Å². The van der Waals surface area contributed by atoms with Crippen LogP contribution in [-0.4, -0.2) is 18.5 Å². The number of esters is 1. The number of ether oxygens (including phenoxy) is 3. The van der Waals surface area contributed by atoms with Crippen LogP contribution in [0.25, 0.3) is 6.08 Å². The molecule has 0 saturated heterocycles. The van der Waals surface area contributed by atoms with Crippen LogP contribution >= 0.6 is 38.5 Å². The van der Waals surface area contributed by atoms with Gasteiger partial charge in [0.15, 0.2) is 17.2 Å². The molecule has 0 N–H and O–H groups in total. The average molecular weight is 618 g/mol. The average Bonchev–Trinajstić information content (AvgIpc) is 3.13. The predicted octanol–water partition coefficient (Wildman–Crippen LogP) is 6.68. The van der Waals surface area contributed by atoms with Crippen molar-refractivity contribution in [2.24, 2.45) is 4.99 Å². The number of hydrogen-bond donors (Lipinski definition) is 0. The van der Waals surface area contributed by atoms with E-state index >= 15 is 0 Å². The maximum absolute atomic E-state index is 12.4. The number of aryl methyl sites for hydroxylation is 1. The standard InChI is InChI=1S/C26H21BrINO4/c1-3-31-23-14-18(12-21(28)24(23)32-15-17-8-6-7-16(2)11-17)13-22-26(30)33-25(29-22)19-9-4-5-10-20(19)27/h4-14H,3,15H2,1-2H3/b22-13-. The molecule has 0 radical (unpaired) electrons. The third-order valence-electron chi connectivity index (χ3n) is 4.83. The van der Waals surface area contributed by atoms with Gasteiger partial charge in [-0.3, -0.25) is 0 Å². The second kappa shape index (κ2) is 10.5. The summed E-state index contributed by atoms with van der Waals surface area (Å²) >= 11 is 5.69. The lowest BCUT2D eigenvalue weighted by molar-refractivity contribution is -0.129. The summed E-state index contributed by atoms with van der Waals surface area (Å²) in [5.41, 5.74) is 3.99. The molecule has 1 aliphatic heterocycles. The third-order valence-corrected chi connectivity index (χ3v) is 6.32. The van der Waals surface area contributed by atoms with Crippen LogP contribution in [0.2, 0.25) is 0 Å². The van der Waals surface area contributed by atoms with Crippen molar-refractivity contribution in [3.8, 4) is 11.5 Å². The van der Waals surface area contributed by atoms with Crippen LogP contribution in [0.3, 0.4) is 0 Å². The molecule has 1 aliphatic rings. The van der Waals surface area contributed by atoms with E-state index in [-0.39, 0.29) is 11.6 Å². The summed E-state index contributed by atoms with van der Waals surface area (Å²) in [6.07, 6.45) is 1.70. The van der Waals surface area contributed by atoms with Gasteiger partial charge in [0, 0.05) is 4.47 Å². The van der Waals surface area contributed by atoms with Crippen molar-refractivity contribution in [3.63, 3.8) is 0 Å². The number of aliphatic imine (C=N–C) groups is 1. The highest BCUT2D eigenvalue weighted by atomic mass is 127. The molecule has 5 nitrogen and oxygen atoms in total. The van der Waals surface area contributed by atoms with Crippen LogP contribution in [0.5, 0.6) is 11.5 Å². The summed E-state index contributed by atoms with van der Waals surface area (Å²) < 4.78 is 19.0. The highest BCUT2D eigenvalue weighted by Gasteiger charge is 2.25. The van der Waals surface area contributed by atoms with Crippen molar-refractivity contribution >= 4 is 56.5 Å². The highest BCUT2D eigenvalue weighted by Crippen LogP contribution is 2.36. The zero-order valence-electron chi connectivity index (χ0n) is 18.1. The van der Waals surface area contributed by atoms with Crippen LogP contribution in [0.15, 0.2) is 75.8 Å². The molecule has 0 aromatic heterocycles. The predicted molar refractivity (Wildman–Crippen MR) is 141 cm³/mol. The summed E-state index contributed by atoms with van der Waals surface area (Å²) in [6, 6.07) is 19.5. The van der Waals surface area contributed by atoms with Crippen molar-refractivity contribution in [2.45, 2.75) is 20.5 Å². The molecule has 3 aromatic rings. The second-order valence-electron chi connectivity index (χ2n) is 7.36. The Morgan fingerprint density at radius 2 is 1.91 bits per heavy atom. The number of hydrogen-bond acceptors (Lipinski definition) is 5. The van der Waals surface area contributed by atoms with Crippen LogP contribution in [0.1, 0.15) is 29.2 Å². The van der Waals surface area contributed by atoms with Crippen molar-refractivity contribution in [2.75, 3.05) is 6.61 Å². The third kappa shape index (κ3) is 5.65. The Bertz CT molecular complexity index is 1270. The lowest BCUT2D eigenvalue weighted by Crippen LogP contribution is -2.06. The van der Waals surface area contributed by atoms with Gasteiger partial charge in [0.25, 0.3) is 0 Å². The summed E-state index contributed by atoms with van der Waals surface area (Å²) in [5.74, 6) is 1.07. The maximum Gasteiger partial charge on any atom is 0.363 e. The molecular formula is C26H21BrINO4. The number of nitrogens with zero attached hydrogens (tertiary/aromatic N) is 1. The first-order valence-electron chi connectivity index (χ1n) is 10.4. The fourth-order valence-electron chi connectivity index (χ4n) is 3.35. The Kier molecular flexibility index (Phi) is 7.49. The van der Waals surface area contributed by atoms with Gasteiger partial charge < -0.3 is 14.2 Å². The smallest absolute Gasteiger partial charge is 0.363 e. The van der Waals surface area contributed by atoms with Crippen LogP contribution in [0.4, 0.5) is 0 Å². The lowest BCUT2D eigenvalue weighted by atomic mass is 10.1. The van der Waals surface area contributed by atoms with E-state index < -0.39 is 5.97 Å². The Morgan fingerprint density at radius 3 is 2.67 bits per heavy atom. The van der Waals surface area contributed by atoms with Crippen molar-refractivity contribution in [1.29, 1.82) is 0 Å². The number of rotatable bonds is 7. The fraction of sp³-hybridized carbons (Fsp3) is 0.154. The van der Waals surface area contributed by atoms with Crippen LogP contribution in [0, 0.1) is 10.5 Å². The Hall–Kier alpha value is -2.65. The molecule has 0 atom stereocenters. The quantitative estimate of drug-likeness (QED) is 0.169. The van der Waals surface area contributed by atoms with Crippen molar-refractivity contribution in [3.05, 3.63) is 96.7 Å². The topological polar surface area (TPSA) is 57.1 Å². The number of carbonyl (C=O) groups is 1. The van der Waals surface area contributed by atoms with E-state index in [0.29, 0.717) is 24.7 Å². The van der Waals surface area contributed by atoms with Gasteiger partial charge >= 0.3 is 5.97 Å². The summed E-state index contributed by atoms with van der Waals surface area (Å²) in [6.45, 7) is 4.90. The van der Waals surface area contributed by atoms with E-state index in [1.54, 1.807) is 6.08 Å². The molecule has 0 unspecified atom stereocenters. The summed E-state index contributed by atoms with van der Waals surface area (Å²) in [4.78, 5) is 16.9. The molecule has 7 heteroatoms. The largest absolute Gasteiger partial charge is 0.490 e. The summed E-state index contributed by atoms with van der Waals surface area (Å²) in [5, 5.41) is 0. The number of benzene rings is 3. The van der Waals surface area contributed by atoms with Gasteiger partial charge in [-0.15, -0.1) is 0 Å². The lowest BCUT2D eigenvalue weighted by Gasteiger charge is -2.15. The van der Waals surface area contributed by atoms with E-state index in [1.807, 2.05) is 55.5 Å². The molecule has 0 fully saturated rings. The molecule has 1 heterocycles. The van der Waals surface area contributed by atoms with Gasteiger partial charge in [-0.1, -0.05) is 42.0 Å². The number of carbonyl (C=O) groups excluding carboxylic acids is 1. The van der Waals surface area contributed by atoms with Gasteiger partial charge in [-0.25, -0.2) is 9.79 Å². The normalized spacial score (nSPS) is 14.2. The molecular weight excluding hydrogens is 597 g/mol. The first-order chi connectivity index (χ1) is 15.9. The molecule has 168 valence electrons. The Morgan fingerprint density at radius 1 is 1.09 bits per heavy atom. The Labute approximate surface area is 214 Å². The summed E-state index contributed by atoms with van der Waals surface area (Å²) in [7, 11) is 0. The molecule has 33 heavy (non-hydrogen) atoms. The molecule has 0 amide bonds. The zero-order valence-corrected chi connectivity index (χ0v) is 21.8. The number of cyclic esters (lactones) is 1. The number of halogens is 2. The van der Waals surface area contributed by atoms with E-state index in [9.17, 15) is 4.79 Å².